The summed E-state index contributed by atoms with van der Waals surface area (Å²) in [5.74, 6) is 1.14. The number of carbonyl (C=O) groups is 1. The molecule has 0 aromatic heterocycles. The highest BCUT2D eigenvalue weighted by molar-refractivity contribution is 5.77. The lowest BCUT2D eigenvalue weighted by Gasteiger charge is -2.10. The maximum absolute atomic E-state index is 11.8. The van der Waals surface area contributed by atoms with E-state index < -0.39 is 0 Å². The van der Waals surface area contributed by atoms with Gasteiger partial charge in [0.15, 0.2) is 11.5 Å². The van der Waals surface area contributed by atoms with Crippen molar-refractivity contribution in [3.05, 3.63) is 59.7 Å². The topological polar surface area (TPSA) is 56.8 Å². The van der Waals surface area contributed by atoms with Crippen LogP contribution in [0.1, 0.15) is 11.1 Å². The van der Waals surface area contributed by atoms with Crippen LogP contribution >= 0.6 is 0 Å². The number of ether oxygens (including phenoxy) is 3. The number of rotatable bonds is 8. The quantitative estimate of drug-likeness (QED) is 0.813. The SMILES string of the molecule is COc1ccc(CNC(=O)COCc2ccccc2)cc1OC. The van der Waals surface area contributed by atoms with E-state index in [0.717, 1.165) is 11.1 Å². The lowest BCUT2D eigenvalue weighted by molar-refractivity contribution is -0.126. The molecular formula is C18H21NO4. The van der Waals surface area contributed by atoms with Crippen molar-refractivity contribution in [2.75, 3.05) is 20.8 Å². The normalized spacial score (nSPS) is 10.2. The maximum atomic E-state index is 11.8. The molecule has 2 aromatic rings. The van der Waals surface area contributed by atoms with Crippen molar-refractivity contribution in [1.29, 1.82) is 0 Å². The molecule has 23 heavy (non-hydrogen) atoms. The van der Waals surface area contributed by atoms with Crippen LogP contribution in [-0.2, 0) is 22.7 Å². The Hall–Kier alpha value is -2.53. The molecule has 0 bridgehead atoms. The Balaban J connectivity index is 1.76. The van der Waals surface area contributed by atoms with Crippen LogP contribution in [0.4, 0.5) is 0 Å². The van der Waals surface area contributed by atoms with Crippen LogP contribution in [-0.4, -0.2) is 26.7 Å². The van der Waals surface area contributed by atoms with Gasteiger partial charge in [-0.3, -0.25) is 4.79 Å². The summed E-state index contributed by atoms with van der Waals surface area (Å²) in [6.45, 7) is 0.862. The third-order valence-electron chi connectivity index (χ3n) is 3.28. The molecule has 0 aliphatic heterocycles. The first-order chi connectivity index (χ1) is 11.2. The maximum Gasteiger partial charge on any atom is 0.246 e. The van der Waals surface area contributed by atoms with Gasteiger partial charge >= 0.3 is 0 Å². The van der Waals surface area contributed by atoms with E-state index in [-0.39, 0.29) is 12.5 Å². The van der Waals surface area contributed by atoms with Crippen molar-refractivity contribution >= 4 is 5.91 Å². The average molecular weight is 315 g/mol. The Morgan fingerprint density at radius 3 is 2.39 bits per heavy atom. The molecule has 2 rings (SSSR count). The van der Waals surface area contributed by atoms with Crippen LogP contribution in [0.5, 0.6) is 11.5 Å². The molecule has 5 nitrogen and oxygen atoms in total. The summed E-state index contributed by atoms with van der Waals surface area (Å²) < 4.78 is 15.8. The third kappa shape index (κ3) is 5.30. The Kier molecular flexibility index (Phi) is 6.44. The molecule has 0 radical (unpaired) electrons. The molecule has 5 heteroatoms. The Morgan fingerprint density at radius 1 is 0.957 bits per heavy atom. The molecule has 0 aliphatic carbocycles. The van der Waals surface area contributed by atoms with Gasteiger partial charge in [0.25, 0.3) is 0 Å². The van der Waals surface area contributed by atoms with Crippen LogP contribution in [0.15, 0.2) is 48.5 Å². The lowest BCUT2D eigenvalue weighted by Crippen LogP contribution is -2.27. The highest BCUT2D eigenvalue weighted by atomic mass is 16.5. The van der Waals surface area contributed by atoms with E-state index >= 15 is 0 Å². The number of benzene rings is 2. The molecule has 2 aromatic carbocycles. The predicted octanol–water partition coefficient (Wildman–Crippen LogP) is 2.54. The first kappa shape index (κ1) is 16.8. The first-order valence-corrected chi connectivity index (χ1v) is 7.32. The molecule has 0 spiro atoms. The molecule has 0 fully saturated rings. The zero-order chi connectivity index (χ0) is 16.5. The minimum atomic E-state index is -0.157. The van der Waals surface area contributed by atoms with Gasteiger partial charge in [0, 0.05) is 6.54 Å². The lowest BCUT2D eigenvalue weighted by atomic mass is 10.2. The zero-order valence-corrected chi connectivity index (χ0v) is 13.4. The van der Waals surface area contributed by atoms with Gasteiger partial charge in [-0.05, 0) is 23.3 Å². The fourth-order valence-electron chi connectivity index (χ4n) is 2.08. The zero-order valence-electron chi connectivity index (χ0n) is 13.4. The summed E-state index contributed by atoms with van der Waals surface area (Å²) in [4.78, 5) is 11.8. The standard InChI is InChI=1S/C18H21NO4/c1-21-16-9-8-15(10-17(16)22-2)11-19-18(20)13-23-12-14-6-4-3-5-7-14/h3-10H,11-13H2,1-2H3,(H,19,20). The van der Waals surface area contributed by atoms with Crippen molar-refractivity contribution in [2.24, 2.45) is 0 Å². The van der Waals surface area contributed by atoms with Crippen LogP contribution in [0.2, 0.25) is 0 Å². The van der Waals surface area contributed by atoms with E-state index in [1.54, 1.807) is 14.2 Å². The largest absolute Gasteiger partial charge is 0.493 e. The molecule has 0 aliphatic rings. The monoisotopic (exact) mass is 315 g/mol. The van der Waals surface area contributed by atoms with Crippen LogP contribution in [0, 0.1) is 0 Å². The summed E-state index contributed by atoms with van der Waals surface area (Å²) in [6.07, 6.45) is 0. The number of amides is 1. The fraction of sp³-hybridized carbons (Fsp3) is 0.278. The summed E-state index contributed by atoms with van der Waals surface area (Å²) in [5.41, 5.74) is 1.97. The second kappa shape index (κ2) is 8.80. The van der Waals surface area contributed by atoms with Crippen LogP contribution < -0.4 is 14.8 Å². The van der Waals surface area contributed by atoms with Crippen LogP contribution in [0.25, 0.3) is 0 Å². The van der Waals surface area contributed by atoms with E-state index in [2.05, 4.69) is 5.32 Å². The minimum Gasteiger partial charge on any atom is -0.493 e. The smallest absolute Gasteiger partial charge is 0.246 e. The van der Waals surface area contributed by atoms with Crippen molar-refractivity contribution in [2.45, 2.75) is 13.2 Å². The molecular weight excluding hydrogens is 294 g/mol. The summed E-state index contributed by atoms with van der Waals surface area (Å²) in [7, 11) is 3.17. The van der Waals surface area contributed by atoms with E-state index in [0.29, 0.717) is 24.7 Å². The Labute approximate surface area is 136 Å². The van der Waals surface area contributed by atoms with Gasteiger partial charge in [0.2, 0.25) is 5.91 Å². The van der Waals surface area contributed by atoms with Crippen molar-refractivity contribution < 1.29 is 19.0 Å². The second-order valence-corrected chi connectivity index (χ2v) is 4.94. The number of hydrogen-bond donors (Lipinski definition) is 1. The van der Waals surface area contributed by atoms with Gasteiger partial charge in [-0.25, -0.2) is 0 Å². The van der Waals surface area contributed by atoms with Gasteiger partial charge in [-0.15, -0.1) is 0 Å². The predicted molar refractivity (Wildman–Crippen MR) is 87.5 cm³/mol. The van der Waals surface area contributed by atoms with E-state index in [4.69, 9.17) is 14.2 Å². The molecule has 1 amide bonds. The molecule has 122 valence electrons. The van der Waals surface area contributed by atoms with Crippen LogP contribution in [0.3, 0.4) is 0 Å². The number of methoxy groups -OCH3 is 2. The second-order valence-electron chi connectivity index (χ2n) is 4.94. The molecule has 0 saturated heterocycles. The molecule has 0 atom stereocenters. The summed E-state index contributed by atoms with van der Waals surface area (Å²) >= 11 is 0. The average Bonchev–Trinajstić information content (AvgIpc) is 2.60. The van der Waals surface area contributed by atoms with Crippen molar-refractivity contribution in [1.82, 2.24) is 5.32 Å². The highest BCUT2D eigenvalue weighted by Gasteiger charge is 2.06. The van der Waals surface area contributed by atoms with Gasteiger partial charge < -0.3 is 19.5 Å². The fourth-order valence-corrected chi connectivity index (χ4v) is 2.08. The third-order valence-corrected chi connectivity index (χ3v) is 3.28. The highest BCUT2D eigenvalue weighted by Crippen LogP contribution is 2.27. The van der Waals surface area contributed by atoms with Gasteiger partial charge in [-0.2, -0.15) is 0 Å². The van der Waals surface area contributed by atoms with Gasteiger partial charge in [0.1, 0.15) is 6.61 Å². The molecule has 0 unspecified atom stereocenters. The van der Waals surface area contributed by atoms with Gasteiger partial charge in [-0.1, -0.05) is 36.4 Å². The van der Waals surface area contributed by atoms with E-state index in [1.807, 2.05) is 48.5 Å². The molecule has 0 heterocycles. The number of carbonyl (C=O) groups excluding carboxylic acids is 1. The first-order valence-electron chi connectivity index (χ1n) is 7.32. The van der Waals surface area contributed by atoms with Crippen molar-refractivity contribution in [3.63, 3.8) is 0 Å². The Morgan fingerprint density at radius 2 is 1.70 bits per heavy atom. The molecule has 0 saturated carbocycles. The minimum absolute atomic E-state index is 0.0299. The van der Waals surface area contributed by atoms with E-state index in [9.17, 15) is 4.79 Å². The summed E-state index contributed by atoms with van der Waals surface area (Å²) in [6, 6.07) is 15.3. The number of hydrogen-bond acceptors (Lipinski definition) is 4. The molecule has 1 N–H and O–H groups in total. The van der Waals surface area contributed by atoms with Gasteiger partial charge in [0.05, 0.1) is 20.8 Å². The number of nitrogens with one attached hydrogen (secondary N) is 1. The summed E-state index contributed by atoms with van der Waals surface area (Å²) in [5, 5.41) is 2.81. The van der Waals surface area contributed by atoms with Crippen molar-refractivity contribution in [3.8, 4) is 11.5 Å². The Bertz CT molecular complexity index is 628. The van der Waals surface area contributed by atoms with E-state index in [1.165, 1.54) is 0 Å².